The molecule has 1 aromatic rings. The Bertz CT molecular complexity index is 466. The van der Waals surface area contributed by atoms with E-state index in [2.05, 4.69) is 5.32 Å². The molecule has 3 N–H and O–H groups in total. The minimum atomic E-state index is 0.0567. The number of hydrogen-bond acceptors (Lipinski definition) is 2. The van der Waals surface area contributed by atoms with Gasteiger partial charge in [-0.25, -0.2) is 0 Å². The standard InChI is InChI=1S/C17H24N2O/c18-14-10-8-13(9-11-14)17(20)19-16-7-3-5-12-4-1-2-6-15(12)16/h8-12,15-16H,1-7,18H2,(H,19,20). The van der Waals surface area contributed by atoms with Gasteiger partial charge in [-0.1, -0.05) is 32.1 Å². The lowest BCUT2D eigenvalue weighted by atomic mass is 9.68. The maximum Gasteiger partial charge on any atom is 0.251 e. The van der Waals surface area contributed by atoms with Gasteiger partial charge in [0.05, 0.1) is 0 Å². The van der Waals surface area contributed by atoms with Crippen LogP contribution in [0, 0.1) is 11.8 Å². The van der Waals surface area contributed by atoms with Crippen LogP contribution >= 0.6 is 0 Å². The molecular weight excluding hydrogens is 248 g/mol. The van der Waals surface area contributed by atoms with Crippen molar-refractivity contribution in [2.24, 2.45) is 11.8 Å². The van der Waals surface area contributed by atoms with Crippen molar-refractivity contribution in [2.45, 2.75) is 51.0 Å². The van der Waals surface area contributed by atoms with E-state index in [0.717, 1.165) is 17.9 Å². The van der Waals surface area contributed by atoms with Crippen molar-refractivity contribution >= 4 is 11.6 Å². The van der Waals surface area contributed by atoms with Gasteiger partial charge in [0.15, 0.2) is 0 Å². The van der Waals surface area contributed by atoms with Crippen molar-refractivity contribution in [2.75, 3.05) is 5.73 Å². The van der Waals surface area contributed by atoms with E-state index in [9.17, 15) is 4.79 Å². The molecule has 3 heteroatoms. The van der Waals surface area contributed by atoms with E-state index in [1.807, 2.05) is 12.1 Å². The number of carbonyl (C=O) groups excluding carboxylic acids is 1. The van der Waals surface area contributed by atoms with Crippen LogP contribution < -0.4 is 11.1 Å². The van der Waals surface area contributed by atoms with Crippen molar-refractivity contribution in [3.05, 3.63) is 29.8 Å². The van der Waals surface area contributed by atoms with Crippen molar-refractivity contribution in [3.63, 3.8) is 0 Å². The number of nitrogens with one attached hydrogen (secondary N) is 1. The van der Waals surface area contributed by atoms with Gasteiger partial charge in [0.2, 0.25) is 0 Å². The molecule has 2 saturated carbocycles. The van der Waals surface area contributed by atoms with E-state index in [1.54, 1.807) is 12.1 Å². The minimum absolute atomic E-state index is 0.0567. The fraction of sp³-hybridized carbons (Fsp3) is 0.588. The number of nitrogens with two attached hydrogens (primary N) is 1. The quantitative estimate of drug-likeness (QED) is 0.811. The third-order valence-electron chi connectivity index (χ3n) is 5.06. The molecule has 0 heterocycles. The fourth-order valence-corrected chi connectivity index (χ4v) is 4.00. The van der Waals surface area contributed by atoms with Crippen LogP contribution in [0.4, 0.5) is 5.69 Å². The van der Waals surface area contributed by atoms with Crippen molar-refractivity contribution in [3.8, 4) is 0 Å². The maximum atomic E-state index is 12.3. The first-order chi connectivity index (χ1) is 9.74. The molecule has 0 spiro atoms. The van der Waals surface area contributed by atoms with Gasteiger partial charge >= 0.3 is 0 Å². The molecule has 2 aliphatic rings. The molecule has 3 nitrogen and oxygen atoms in total. The molecule has 2 aliphatic carbocycles. The summed E-state index contributed by atoms with van der Waals surface area (Å²) < 4.78 is 0. The van der Waals surface area contributed by atoms with Gasteiger partial charge in [-0.2, -0.15) is 0 Å². The molecule has 0 saturated heterocycles. The molecule has 108 valence electrons. The molecule has 0 bridgehead atoms. The van der Waals surface area contributed by atoms with Crippen molar-refractivity contribution < 1.29 is 4.79 Å². The van der Waals surface area contributed by atoms with E-state index in [0.29, 0.717) is 17.6 Å². The van der Waals surface area contributed by atoms with Crippen LogP contribution in [0.25, 0.3) is 0 Å². The van der Waals surface area contributed by atoms with E-state index in [-0.39, 0.29) is 5.91 Å². The first-order valence-corrected chi connectivity index (χ1v) is 7.90. The molecule has 0 aliphatic heterocycles. The zero-order valence-electron chi connectivity index (χ0n) is 12.0. The third kappa shape index (κ3) is 2.82. The lowest BCUT2D eigenvalue weighted by Crippen LogP contribution is -2.46. The Labute approximate surface area is 120 Å². The lowest BCUT2D eigenvalue weighted by Gasteiger charge is -2.41. The van der Waals surface area contributed by atoms with Gasteiger partial charge in [0, 0.05) is 17.3 Å². The second-order valence-corrected chi connectivity index (χ2v) is 6.34. The van der Waals surface area contributed by atoms with Crippen LogP contribution in [0.2, 0.25) is 0 Å². The van der Waals surface area contributed by atoms with Crippen LogP contribution in [-0.4, -0.2) is 11.9 Å². The molecule has 0 aromatic heterocycles. The van der Waals surface area contributed by atoms with Crippen molar-refractivity contribution in [1.29, 1.82) is 0 Å². The molecule has 3 unspecified atom stereocenters. The SMILES string of the molecule is Nc1ccc(C(=O)NC2CCCC3CCCCC32)cc1. The summed E-state index contributed by atoms with van der Waals surface area (Å²) in [6.45, 7) is 0. The number of carbonyl (C=O) groups is 1. The fourth-order valence-electron chi connectivity index (χ4n) is 4.00. The maximum absolute atomic E-state index is 12.3. The van der Waals surface area contributed by atoms with E-state index in [4.69, 9.17) is 5.73 Å². The average Bonchev–Trinajstić information content (AvgIpc) is 2.48. The first kappa shape index (κ1) is 13.5. The zero-order chi connectivity index (χ0) is 13.9. The number of anilines is 1. The number of hydrogen-bond donors (Lipinski definition) is 2. The predicted octanol–water partition coefficient (Wildman–Crippen LogP) is 3.36. The Balaban J connectivity index is 1.66. The van der Waals surface area contributed by atoms with Gasteiger partial charge in [0.25, 0.3) is 5.91 Å². The Hall–Kier alpha value is -1.51. The summed E-state index contributed by atoms with van der Waals surface area (Å²) in [4.78, 5) is 12.3. The van der Waals surface area contributed by atoms with Crippen LogP contribution in [-0.2, 0) is 0 Å². The second-order valence-electron chi connectivity index (χ2n) is 6.34. The molecule has 3 rings (SSSR count). The zero-order valence-corrected chi connectivity index (χ0v) is 12.0. The van der Waals surface area contributed by atoms with Gasteiger partial charge < -0.3 is 11.1 Å². The molecular formula is C17H24N2O. The smallest absolute Gasteiger partial charge is 0.251 e. The molecule has 0 radical (unpaired) electrons. The summed E-state index contributed by atoms with van der Waals surface area (Å²) in [5, 5.41) is 3.27. The Morgan fingerprint density at radius 1 is 1.00 bits per heavy atom. The van der Waals surface area contributed by atoms with Gasteiger partial charge in [-0.3, -0.25) is 4.79 Å². The van der Waals surface area contributed by atoms with Gasteiger partial charge in [0.1, 0.15) is 0 Å². The molecule has 2 fully saturated rings. The van der Waals surface area contributed by atoms with Gasteiger partial charge in [-0.05, 0) is 48.9 Å². The molecule has 1 aromatic carbocycles. The highest BCUT2D eigenvalue weighted by Gasteiger charge is 2.35. The molecule has 1 amide bonds. The first-order valence-electron chi connectivity index (χ1n) is 7.90. The number of nitrogen functional groups attached to an aromatic ring is 1. The van der Waals surface area contributed by atoms with Crippen LogP contribution in [0.15, 0.2) is 24.3 Å². The summed E-state index contributed by atoms with van der Waals surface area (Å²) >= 11 is 0. The second kappa shape index (κ2) is 5.86. The minimum Gasteiger partial charge on any atom is -0.399 e. The highest BCUT2D eigenvalue weighted by atomic mass is 16.1. The summed E-state index contributed by atoms with van der Waals surface area (Å²) in [6.07, 6.45) is 9.11. The Morgan fingerprint density at radius 3 is 2.50 bits per heavy atom. The summed E-state index contributed by atoms with van der Waals surface area (Å²) in [7, 11) is 0. The van der Waals surface area contributed by atoms with E-state index >= 15 is 0 Å². The monoisotopic (exact) mass is 272 g/mol. The summed E-state index contributed by atoms with van der Waals surface area (Å²) in [5.74, 6) is 1.60. The Kier molecular flexibility index (Phi) is 3.95. The topological polar surface area (TPSA) is 55.1 Å². The van der Waals surface area contributed by atoms with Crippen LogP contribution in [0.1, 0.15) is 55.3 Å². The molecule has 3 atom stereocenters. The lowest BCUT2D eigenvalue weighted by molar-refractivity contribution is 0.0823. The number of fused-ring (bicyclic) bond motifs is 1. The van der Waals surface area contributed by atoms with Gasteiger partial charge in [-0.15, -0.1) is 0 Å². The number of rotatable bonds is 2. The molecule has 20 heavy (non-hydrogen) atoms. The van der Waals surface area contributed by atoms with E-state index in [1.165, 1.54) is 38.5 Å². The predicted molar refractivity (Wildman–Crippen MR) is 81.4 cm³/mol. The van der Waals surface area contributed by atoms with Crippen LogP contribution in [0.5, 0.6) is 0 Å². The van der Waals surface area contributed by atoms with E-state index < -0.39 is 0 Å². The number of amides is 1. The summed E-state index contributed by atoms with van der Waals surface area (Å²) in [5.41, 5.74) is 7.09. The third-order valence-corrected chi connectivity index (χ3v) is 5.06. The highest BCUT2D eigenvalue weighted by molar-refractivity contribution is 5.94. The van der Waals surface area contributed by atoms with Crippen LogP contribution in [0.3, 0.4) is 0 Å². The highest BCUT2D eigenvalue weighted by Crippen LogP contribution is 2.40. The van der Waals surface area contributed by atoms with Crippen molar-refractivity contribution in [1.82, 2.24) is 5.32 Å². The summed E-state index contributed by atoms with van der Waals surface area (Å²) in [6, 6.07) is 7.58. The normalized spacial score (nSPS) is 29.5. The average molecular weight is 272 g/mol. The largest absolute Gasteiger partial charge is 0.399 e. The Morgan fingerprint density at radius 2 is 1.70 bits per heavy atom. The number of benzene rings is 1.